The molecule has 2 nitrogen and oxygen atoms in total. The van der Waals surface area contributed by atoms with Crippen LogP contribution >= 0.6 is 0 Å². The van der Waals surface area contributed by atoms with E-state index in [0.717, 1.165) is 25.0 Å². The summed E-state index contributed by atoms with van der Waals surface area (Å²) in [6.45, 7) is 5.06. The first-order valence-corrected chi connectivity index (χ1v) is 8.49. The van der Waals surface area contributed by atoms with Gasteiger partial charge in [0.15, 0.2) is 0 Å². The topological polar surface area (TPSA) is 29.5 Å². The third-order valence-corrected chi connectivity index (χ3v) is 5.71. The third-order valence-electron chi connectivity index (χ3n) is 5.71. The van der Waals surface area contributed by atoms with Gasteiger partial charge in [0.2, 0.25) is 0 Å². The van der Waals surface area contributed by atoms with Gasteiger partial charge in [-0.3, -0.25) is 0 Å². The smallest absolute Gasteiger partial charge is 0.0822 e. The van der Waals surface area contributed by atoms with Crippen molar-refractivity contribution in [3.05, 3.63) is 34.9 Å². The lowest BCUT2D eigenvalue weighted by Gasteiger charge is -2.45. The molecule has 0 amide bonds. The van der Waals surface area contributed by atoms with Crippen LogP contribution in [0.3, 0.4) is 0 Å². The molecule has 2 aliphatic rings. The first kappa shape index (κ1) is 15.1. The highest BCUT2D eigenvalue weighted by Gasteiger charge is 2.40. The molecule has 2 atom stereocenters. The number of benzene rings is 1. The summed E-state index contributed by atoms with van der Waals surface area (Å²) in [5.74, 6) is 0.345. The Bertz CT molecular complexity index is 483. The first-order chi connectivity index (χ1) is 10.1. The second kappa shape index (κ2) is 6.10. The summed E-state index contributed by atoms with van der Waals surface area (Å²) in [7, 11) is 0. The van der Waals surface area contributed by atoms with E-state index < -0.39 is 0 Å². The lowest BCUT2D eigenvalue weighted by atomic mass is 9.73. The van der Waals surface area contributed by atoms with Gasteiger partial charge in [-0.05, 0) is 62.1 Å². The number of hydrogen-bond donors (Lipinski definition) is 1. The van der Waals surface area contributed by atoms with Crippen LogP contribution in [0.1, 0.15) is 67.7 Å². The minimum Gasteiger partial charge on any atom is -0.388 e. The van der Waals surface area contributed by atoms with E-state index in [2.05, 4.69) is 32.0 Å². The molecule has 0 aromatic heterocycles. The van der Waals surface area contributed by atoms with Gasteiger partial charge in [0, 0.05) is 6.61 Å². The third kappa shape index (κ3) is 3.02. The molecule has 1 saturated carbocycles. The van der Waals surface area contributed by atoms with Crippen molar-refractivity contribution in [2.24, 2.45) is 5.92 Å². The van der Waals surface area contributed by atoms with E-state index in [4.69, 9.17) is 4.74 Å². The maximum Gasteiger partial charge on any atom is 0.0822 e. The van der Waals surface area contributed by atoms with Gasteiger partial charge in [-0.1, -0.05) is 37.5 Å². The maximum atomic E-state index is 10.9. The predicted molar refractivity (Wildman–Crippen MR) is 85.4 cm³/mol. The first-order valence-electron chi connectivity index (χ1n) is 8.49. The fourth-order valence-electron chi connectivity index (χ4n) is 4.23. The lowest BCUT2D eigenvalue weighted by molar-refractivity contribution is -0.134. The van der Waals surface area contributed by atoms with Crippen LogP contribution in [0.5, 0.6) is 0 Å². The molecule has 1 aromatic rings. The van der Waals surface area contributed by atoms with Gasteiger partial charge in [-0.15, -0.1) is 0 Å². The number of aliphatic hydroxyl groups excluding tert-OH is 1. The van der Waals surface area contributed by atoms with Gasteiger partial charge in [0.05, 0.1) is 11.7 Å². The molecule has 1 aliphatic heterocycles. The molecule has 0 radical (unpaired) electrons. The van der Waals surface area contributed by atoms with Crippen LogP contribution in [0.25, 0.3) is 0 Å². The van der Waals surface area contributed by atoms with E-state index in [1.165, 1.54) is 43.2 Å². The van der Waals surface area contributed by atoms with Crippen molar-refractivity contribution in [3.63, 3.8) is 0 Å². The van der Waals surface area contributed by atoms with Crippen LogP contribution in [0.2, 0.25) is 0 Å². The lowest BCUT2D eigenvalue weighted by Crippen LogP contribution is -2.42. The molecule has 1 aliphatic carbocycles. The molecule has 1 saturated heterocycles. The van der Waals surface area contributed by atoms with Crippen LogP contribution in [0, 0.1) is 19.8 Å². The Morgan fingerprint density at radius 2 is 1.95 bits per heavy atom. The van der Waals surface area contributed by atoms with Crippen LogP contribution in [-0.2, 0) is 4.74 Å². The standard InChI is InChI=1S/C19H28O2/c1-14-7-6-8-17(15(14)2)18(20)16-9-12-21-19(13-16)10-4-3-5-11-19/h6-8,16,18,20H,3-5,9-13H2,1-2H3. The summed E-state index contributed by atoms with van der Waals surface area (Å²) in [6, 6.07) is 6.28. The van der Waals surface area contributed by atoms with Crippen molar-refractivity contribution in [2.45, 2.75) is 70.5 Å². The number of aryl methyl sites for hydroxylation is 1. The summed E-state index contributed by atoms with van der Waals surface area (Å²) in [5, 5.41) is 10.9. The summed E-state index contributed by atoms with van der Waals surface area (Å²) >= 11 is 0. The predicted octanol–water partition coefficient (Wildman–Crippen LogP) is 4.47. The highest BCUT2D eigenvalue weighted by atomic mass is 16.5. The van der Waals surface area contributed by atoms with Gasteiger partial charge >= 0.3 is 0 Å². The Morgan fingerprint density at radius 3 is 2.71 bits per heavy atom. The van der Waals surface area contributed by atoms with Gasteiger partial charge in [-0.2, -0.15) is 0 Å². The minimum atomic E-state index is -0.340. The van der Waals surface area contributed by atoms with Crippen LogP contribution in [-0.4, -0.2) is 17.3 Å². The van der Waals surface area contributed by atoms with Crippen molar-refractivity contribution in [3.8, 4) is 0 Å². The average molecular weight is 288 g/mol. The Morgan fingerprint density at radius 1 is 1.19 bits per heavy atom. The molecule has 3 rings (SSSR count). The highest BCUT2D eigenvalue weighted by molar-refractivity contribution is 5.35. The molecule has 1 spiro atoms. The molecular weight excluding hydrogens is 260 g/mol. The van der Waals surface area contributed by atoms with Crippen molar-refractivity contribution in [1.82, 2.24) is 0 Å². The molecular formula is C19H28O2. The second-order valence-electron chi connectivity index (χ2n) is 7.08. The molecule has 2 heteroatoms. The zero-order chi connectivity index (χ0) is 14.9. The monoisotopic (exact) mass is 288 g/mol. The van der Waals surface area contributed by atoms with E-state index >= 15 is 0 Å². The number of hydrogen-bond acceptors (Lipinski definition) is 2. The van der Waals surface area contributed by atoms with E-state index in [0.29, 0.717) is 5.92 Å². The van der Waals surface area contributed by atoms with Crippen molar-refractivity contribution in [2.75, 3.05) is 6.61 Å². The van der Waals surface area contributed by atoms with Crippen molar-refractivity contribution in [1.29, 1.82) is 0 Å². The SMILES string of the molecule is Cc1cccc(C(O)C2CCOC3(CCCCC3)C2)c1C. The second-order valence-corrected chi connectivity index (χ2v) is 7.08. The number of ether oxygens (including phenoxy) is 1. The Balaban J connectivity index is 1.78. The molecule has 21 heavy (non-hydrogen) atoms. The van der Waals surface area contributed by atoms with E-state index in [1.54, 1.807) is 0 Å². The van der Waals surface area contributed by atoms with Crippen molar-refractivity contribution >= 4 is 0 Å². The molecule has 1 heterocycles. The van der Waals surface area contributed by atoms with E-state index in [9.17, 15) is 5.11 Å². The Kier molecular flexibility index (Phi) is 4.37. The summed E-state index contributed by atoms with van der Waals surface area (Å²) < 4.78 is 6.17. The van der Waals surface area contributed by atoms with E-state index in [-0.39, 0.29) is 11.7 Å². The number of rotatable bonds is 2. The zero-order valence-corrected chi connectivity index (χ0v) is 13.4. The summed E-state index contributed by atoms with van der Waals surface area (Å²) in [6.07, 6.45) is 7.95. The highest BCUT2D eigenvalue weighted by Crippen LogP contribution is 2.44. The Labute approximate surface area is 128 Å². The molecule has 2 fully saturated rings. The van der Waals surface area contributed by atoms with E-state index in [1.807, 2.05) is 0 Å². The maximum absolute atomic E-state index is 10.9. The van der Waals surface area contributed by atoms with Crippen LogP contribution in [0.15, 0.2) is 18.2 Å². The van der Waals surface area contributed by atoms with Crippen molar-refractivity contribution < 1.29 is 9.84 Å². The van der Waals surface area contributed by atoms with Gasteiger partial charge in [-0.25, -0.2) is 0 Å². The van der Waals surface area contributed by atoms with Gasteiger partial charge < -0.3 is 9.84 Å². The quantitative estimate of drug-likeness (QED) is 0.870. The summed E-state index contributed by atoms with van der Waals surface area (Å²) in [5.41, 5.74) is 3.70. The van der Waals surface area contributed by atoms with Gasteiger partial charge in [0.25, 0.3) is 0 Å². The van der Waals surface area contributed by atoms with Crippen LogP contribution < -0.4 is 0 Å². The Hall–Kier alpha value is -0.860. The number of aliphatic hydroxyl groups is 1. The zero-order valence-electron chi connectivity index (χ0n) is 13.4. The largest absolute Gasteiger partial charge is 0.388 e. The van der Waals surface area contributed by atoms with Crippen LogP contribution in [0.4, 0.5) is 0 Å². The molecule has 0 bridgehead atoms. The fraction of sp³-hybridized carbons (Fsp3) is 0.684. The van der Waals surface area contributed by atoms with Gasteiger partial charge in [0.1, 0.15) is 0 Å². The average Bonchev–Trinajstić information content (AvgIpc) is 2.50. The fourth-order valence-corrected chi connectivity index (χ4v) is 4.23. The normalized spacial score (nSPS) is 26.7. The molecule has 2 unspecified atom stereocenters. The molecule has 1 N–H and O–H groups in total. The molecule has 116 valence electrons. The molecule has 1 aromatic carbocycles. The summed E-state index contributed by atoms with van der Waals surface area (Å²) in [4.78, 5) is 0. The minimum absolute atomic E-state index is 0.0693.